The number of rotatable bonds is 2. The summed E-state index contributed by atoms with van der Waals surface area (Å²) in [5.41, 5.74) is 0. The molecule has 0 saturated heterocycles. The molecule has 8 heavy (non-hydrogen) atoms. The van der Waals surface area contributed by atoms with Crippen LogP contribution in [0.25, 0.3) is 0 Å². The summed E-state index contributed by atoms with van der Waals surface area (Å²) in [7, 11) is -3.92. The Kier molecular flexibility index (Phi) is 8.09. The van der Waals surface area contributed by atoms with E-state index in [4.69, 9.17) is 4.55 Å². The van der Waals surface area contributed by atoms with Crippen LogP contribution in [0.5, 0.6) is 0 Å². The molecule has 0 unspecified atom stereocenters. The van der Waals surface area contributed by atoms with Gasteiger partial charge in [0.2, 0.25) is 0 Å². The fourth-order valence-electron chi connectivity index (χ4n) is 0.182. The number of nitrogens with one attached hydrogen (secondary N) is 1. The van der Waals surface area contributed by atoms with Crippen molar-refractivity contribution < 1.29 is 13.0 Å². The maximum Gasteiger partial charge on any atom is 0.333 e. The first-order valence-corrected chi connectivity index (χ1v) is 3.22. The van der Waals surface area contributed by atoms with Gasteiger partial charge in [-0.15, -0.1) is 0 Å². The van der Waals surface area contributed by atoms with Gasteiger partial charge in [0.25, 0.3) is 0 Å². The molecule has 4 nitrogen and oxygen atoms in total. The van der Waals surface area contributed by atoms with Crippen LogP contribution in [0.2, 0.25) is 0 Å². The van der Waals surface area contributed by atoms with E-state index in [9.17, 15) is 8.42 Å². The summed E-state index contributed by atoms with van der Waals surface area (Å²) in [5, 5.41) is 0. The van der Waals surface area contributed by atoms with Crippen LogP contribution in [0.3, 0.4) is 0 Å². The van der Waals surface area contributed by atoms with E-state index in [1.54, 1.807) is 6.92 Å². The van der Waals surface area contributed by atoms with E-state index in [1.165, 1.54) is 0 Å². The zero-order valence-corrected chi connectivity index (χ0v) is 8.82. The SMILES string of the molecule is CCNS(=O)(=O)O.[K]. The predicted octanol–water partition coefficient (Wildman–Crippen LogP) is -0.982. The minimum absolute atomic E-state index is 0. The Morgan fingerprint density at radius 3 is 2.00 bits per heavy atom. The summed E-state index contributed by atoms with van der Waals surface area (Å²) in [6.07, 6.45) is 0. The third kappa shape index (κ3) is 10.5. The fourth-order valence-corrected chi connectivity index (χ4v) is 0.547. The van der Waals surface area contributed by atoms with Crippen molar-refractivity contribution >= 4 is 61.7 Å². The Morgan fingerprint density at radius 1 is 1.62 bits per heavy atom. The summed E-state index contributed by atoms with van der Waals surface area (Å²) >= 11 is 0. The first-order chi connectivity index (χ1) is 3.06. The van der Waals surface area contributed by atoms with Crippen molar-refractivity contribution in [2.75, 3.05) is 6.54 Å². The van der Waals surface area contributed by atoms with Crippen molar-refractivity contribution in [2.45, 2.75) is 6.92 Å². The first kappa shape index (κ1) is 12.2. The average Bonchev–Trinajstić information content (AvgIpc) is 1.30. The number of hydrogen-bond donors (Lipinski definition) is 2. The molecule has 0 heterocycles. The van der Waals surface area contributed by atoms with Crippen molar-refractivity contribution in [3.05, 3.63) is 0 Å². The Balaban J connectivity index is 0. The second-order valence-corrected chi connectivity index (χ2v) is 2.21. The zero-order valence-electron chi connectivity index (χ0n) is 4.88. The molecule has 0 amide bonds. The van der Waals surface area contributed by atoms with Crippen molar-refractivity contribution in [3.63, 3.8) is 0 Å². The van der Waals surface area contributed by atoms with Gasteiger partial charge in [0, 0.05) is 57.9 Å². The zero-order chi connectivity index (χ0) is 5.91. The Hall–Kier alpha value is 1.51. The van der Waals surface area contributed by atoms with Crippen molar-refractivity contribution in [1.82, 2.24) is 4.72 Å². The molecule has 0 aliphatic carbocycles. The fraction of sp³-hybridized carbons (Fsp3) is 1.00. The minimum atomic E-state index is -3.92. The Morgan fingerprint density at radius 2 is 2.00 bits per heavy atom. The molecule has 0 rings (SSSR count). The van der Waals surface area contributed by atoms with Crippen LogP contribution in [0.15, 0.2) is 0 Å². The van der Waals surface area contributed by atoms with Gasteiger partial charge in [0.05, 0.1) is 0 Å². The molecule has 0 aromatic rings. The molecule has 0 aliphatic rings. The van der Waals surface area contributed by atoms with Gasteiger partial charge in [0.1, 0.15) is 0 Å². The molecule has 0 aromatic heterocycles. The second-order valence-electron chi connectivity index (χ2n) is 0.973. The molecule has 0 atom stereocenters. The topological polar surface area (TPSA) is 66.4 Å². The van der Waals surface area contributed by atoms with Crippen LogP contribution >= 0.6 is 0 Å². The molecule has 0 fully saturated rings. The Labute approximate surface area is 91.3 Å². The van der Waals surface area contributed by atoms with E-state index in [-0.39, 0.29) is 57.9 Å². The largest absolute Gasteiger partial charge is 0.333 e. The maximum atomic E-state index is 9.68. The summed E-state index contributed by atoms with van der Waals surface area (Å²) in [5.74, 6) is 0. The van der Waals surface area contributed by atoms with Gasteiger partial charge in [-0.25, -0.2) is 0 Å². The van der Waals surface area contributed by atoms with Crippen LogP contribution in [-0.2, 0) is 10.3 Å². The van der Waals surface area contributed by atoms with E-state index in [1.807, 2.05) is 4.72 Å². The normalized spacial score (nSPS) is 10.2. The van der Waals surface area contributed by atoms with Gasteiger partial charge in [-0.1, -0.05) is 6.92 Å². The molecule has 2 N–H and O–H groups in total. The smallest absolute Gasteiger partial charge is 0.273 e. The van der Waals surface area contributed by atoms with Crippen LogP contribution in [0.4, 0.5) is 0 Å². The van der Waals surface area contributed by atoms with Crippen LogP contribution in [0.1, 0.15) is 6.92 Å². The minimum Gasteiger partial charge on any atom is -0.273 e. The van der Waals surface area contributed by atoms with Gasteiger partial charge in [0.15, 0.2) is 0 Å². The van der Waals surface area contributed by atoms with Crippen molar-refractivity contribution in [1.29, 1.82) is 0 Å². The molecule has 45 valence electrons. The van der Waals surface area contributed by atoms with E-state index < -0.39 is 10.3 Å². The van der Waals surface area contributed by atoms with Gasteiger partial charge in [-0.05, 0) is 0 Å². The summed E-state index contributed by atoms with van der Waals surface area (Å²) in [6.45, 7) is 1.80. The standard InChI is InChI=1S/C2H7NO3S.K/c1-2-3-7(4,5)6;/h3H,2H2,1H3,(H,4,5,6);. The monoisotopic (exact) mass is 164 g/mol. The predicted molar refractivity (Wildman–Crippen MR) is 31.0 cm³/mol. The van der Waals surface area contributed by atoms with Gasteiger partial charge in [-0.3, -0.25) is 4.55 Å². The van der Waals surface area contributed by atoms with Crippen LogP contribution < -0.4 is 4.72 Å². The van der Waals surface area contributed by atoms with E-state index in [0.29, 0.717) is 0 Å². The second kappa shape index (κ2) is 5.30. The third-order valence-corrected chi connectivity index (χ3v) is 0.980. The van der Waals surface area contributed by atoms with Crippen LogP contribution in [0, 0.1) is 0 Å². The third-order valence-electron chi connectivity index (χ3n) is 0.327. The molecule has 6 heteroatoms. The average molecular weight is 164 g/mol. The molecular formula is C2H7KNO3S. The quantitative estimate of drug-likeness (QED) is 0.407. The maximum absolute atomic E-state index is 9.68. The van der Waals surface area contributed by atoms with Gasteiger partial charge in [-0.2, -0.15) is 13.1 Å². The van der Waals surface area contributed by atoms with E-state index >= 15 is 0 Å². The summed E-state index contributed by atoms with van der Waals surface area (Å²) < 4.78 is 29.0. The van der Waals surface area contributed by atoms with Crippen molar-refractivity contribution in [2.24, 2.45) is 0 Å². The van der Waals surface area contributed by atoms with Gasteiger partial charge < -0.3 is 0 Å². The van der Waals surface area contributed by atoms with Gasteiger partial charge >= 0.3 is 10.3 Å². The van der Waals surface area contributed by atoms with Crippen molar-refractivity contribution in [3.8, 4) is 0 Å². The molecule has 0 bridgehead atoms. The first-order valence-electron chi connectivity index (χ1n) is 1.78. The molecule has 1 radical (unpaired) electrons. The van der Waals surface area contributed by atoms with Crippen LogP contribution in [-0.4, -0.2) is 70.9 Å². The molecule has 0 aromatic carbocycles. The molecular weight excluding hydrogens is 157 g/mol. The van der Waals surface area contributed by atoms with E-state index in [0.717, 1.165) is 0 Å². The molecule has 0 spiro atoms. The Bertz CT molecular complexity index is 130. The van der Waals surface area contributed by atoms with E-state index in [2.05, 4.69) is 0 Å². The number of hydrogen-bond acceptors (Lipinski definition) is 2. The molecule has 0 aliphatic heterocycles. The molecule has 0 saturated carbocycles. The summed E-state index contributed by atoms with van der Waals surface area (Å²) in [4.78, 5) is 0. The summed E-state index contributed by atoms with van der Waals surface area (Å²) in [6, 6.07) is 0.